The molecule has 0 aromatic heterocycles. The van der Waals surface area contributed by atoms with E-state index in [2.05, 4.69) is 5.32 Å². The van der Waals surface area contributed by atoms with Crippen LogP contribution >= 0.6 is 11.6 Å². The number of nitro benzene ring substituents is 1. The fourth-order valence-electron chi connectivity index (χ4n) is 2.23. The SMILES string of the molecule is CCOc1ccc(/C=C/C(=O)OC(C)C(=O)Nc2cc([N+](=O)[O-])ccc2Cl)cc1. The van der Waals surface area contributed by atoms with E-state index >= 15 is 0 Å². The highest BCUT2D eigenvalue weighted by Gasteiger charge is 2.19. The van der Waals surface area contributed by atoms with Crippen molar-refractivity contribution < 1.29 is 24.0 Å². The van der Waals surface area contributed by atoms with E-state index in [1.165, 1.54) is 25.1 Å². The zero-order chi connectivity index (χ0) is 21.4. The Hall–Kier alpha value is -3.39. The number of ether oxygens (including phenoxy) is 2. The van der Waals surface area contributed by atoms with Crippen molar-refractivity contribution in [1.82, 2.24) is 0 Å². The first-order valence-corrected chi connectivity index (χ1v) is 9.04. The van der Waals surface area contributed by atoms with Gasteiger partial charge in [-0.1, -0.05) is 23.7 Å². The van der Waals surface area contributed by atoms with Gasteiger partial charge in [0.1, 0.15) is 5.75 Å². The molecule has 1 amide bonds. The van der Waals surface area contributed by atoms with E-state index in [9.17, 15) is 19.7 Å². The van der Waals surface area contributed by atoms with E-state index in [-0.39, 0.29) is 16.4 Å². The monoisotopic (exact) mass is 418 g/mol. The fraction of sp³-hybridized carbons (Fsp3) is 0.200. The zero-order valence-electron chi connectivity index (χ0n) is 15.8. The first-order valence-electron chi connectivity index (χ1n) is 8.66. The van der Waals surface area contributed by atoms with Crippen molar-refractivity contribution in [1.29, 1.82) is 0 Å². The molecule has 2 aromatic carbocycles. The van der Waals surface area contributed by atoms with Crippen LogP contribution in [0.25, 0.3) is 6.08 Å². The number of carbonyl (C=O) groups excluding carboxylic acids is 2. The molecule has 0 bridgehead atoms. The normalized spacial score (nSPS) is 11.7. The molecule has 1 atom stereocenters. The highest BCUT2D eigenvalue weighted by atomic mass is 35.5. The van der Waals surface area contributed by atoms with Crippen LogP contribution in [0.4, 0.5) is 11.4 Å². The summed E-state index contributed by atoms with van der Waals surface area (Å²) in [6, 6.07) is 10.7. The maximum atomic E-state index is 12.2. The van der Waals surface area contributed by atoms with Gasteiger partial charge in [-0.2, -0.15) is 0 Å². The number of anilines is 1. The molecule has 0 saturated carbocycles. The number of rotatable bonds is 8. The van der Waals surface area contributed by atoms with Crippen LogP contribution in [-0.4, -0.2) is 29.5 Å². The van der Waals surface area contributed by atoms with Gasteiger partial charge in [0.15, 0.2) is 6.10 Å². The molecule has 1 N–H and O–H groups in total. The lowest BCUT2D eigenvalue weighted by atomic mass is 10.2. The fourth-order valence-corrected chi connectivity index (χ4v) is 2.39. The van der Waals surface area contributed by atoms with E-state index in [0.717, 1.165) is 17.4 Å². The van der Waals surface area contributed by atoms with Gasteiger partial charge in [-0.25, -0.2) is 4.79 Å². The van der Waals surface area contributed by atoms with Gasteiger partial charge >= 0.3 is 5.97 Å². The Morgan fingerprint density at radius 1 is 1.24 bits per heavy atom. The molecule has 2 rings (SSSR count). The van der Waals surface area contributed by atoms with E-state index in [1.54, 1.807) is 30.3 Å². The molecule has 0 radical (unpaired) electrons. The maximum Gasteiger partial charge on any atom is 0.331 e. The van der Waals surface area contributed by atoms with E-state index < -0.39 is 22.9 Å². The number of esters is 1. The molecule has 0 fully saturated rings. The Kier molecular flexibility index (Phi) is 7.73. The third kappa shape index (κ3) is 6.62. The number of hydrogen-bond donors (Lipinski definition) is 1. The molecule has 0 aliphatic heterocycles. The summed E-state index contributed by atoms with van der Waals surface area (Å²) in [5.74, 6) is -0.667. The van der Waals surface area contributed by atoms with Crippen molar-refractivity contribution in [3.05, 3.63) is 69.2 Å². The predicted octanol–water partition coefficient (Wildman–Crippen LogP) is 4.23. The molecule has 0 aliphatic rings. The molecule has 1 unspecified atom stereocenters. The highest BCUT2D eigenvalue weighted by molar-refractivity contribution is 6.33. The summed E-state index contributed by atoms with van der Waals surface area (Å²) in [4.78, 5) is 34.4. The number of halogens is 1. The number of amides is 1. The summed E-state index contributed by atoms with van der Waals surface area (Å²) in [6.07, 6.45) is 1.60. The van der Waals surface area contributed by atoms with Crippen molar-refractivity contribution in [2.45, 2.75) is 20.0 Å². The Labute approximate surface area is 172 Å². The number of carbonyl (C=O) groups is 2. The van der Waals surface area contributed by atoms with Gasteiger partial charge < -0.3 is 14.8 Å². The molecule has 0 heterocycles. The Bertz CT molecular complexity index is 927. The third-order valence-electron chi connectivity index (χ3n) is 3.68. The topological polar surface area (TPSA) is 108 Å². The summed E-state index contributed by atoms with van der Waals surface area (Å²) in [6.45, 7) is 3.82. The number of hydrogen-bond acceptors (Lipinski definition) is 6. The molecule has 2 aromatic rings. The second-order valence-corrected chi connectivity index (χ2v) is 6.23. The Balaban J connectivity index is 1.94. The average molecular weight is 419 g/mol. The van der Waals surface area contributed by atoms with Crippen LogP contribution in [-0.2, 0) is 14.3 Å². The average Bonchev–Trinajstić information content (AvgIpc) is 2.69. The molecule has 0 aliphatic carbocycles. The molecule has 0 spiro atoms. The Morgan fingerprint density at radius 3 is 2.55 bits per heavy atom. The predicted molar refractivity (Wildman–Crippen MR) is 109 cm³/mol. The molecule has 0 saturated heterocycles. The van der Waals surface area contributed by atoms with Gasteiger partial charge in [0.25, 0.3) is 11.6 Å². The third-order valence-corrected chi connectivity index (χ3v) is 4.01. The van der Waals surface area contributed by atoms with E-state index in [1.807, 2.05) is 6.92 Å². The number of non-ortho nitro benzene ring substituents is 1. The zero-order valence-corrected chi connectivity index (χ0v) is 16.5. The first kappa shape index (κ1) is 21.9. The van der Waals surface area contributed by atoms with Gasteiger partial charge in [0.05, 0.1) is 22.2 Å². The van der Waals surface area contributed by atoms with Crippen LogP contribution in [0, 0.1) is 10.1 Å². The van der Waals surface area contributed by atoms with Gasteiger partial charge in [-0.05, 0) is 43.7 Å². The minimum absolute atomic E-state index is 0.0543. The number of benzene rings is 2. The van der Waals surface area contributed by atoms with Crippen LogP contribution in [0.5, 0.6) is 5.75 Å². The second kappa shape index (κ2) is 10.2. The summed E-state index contributed by atoms with van der Waals surface area (Å²) in [5.41, 5.74) is 0.581. The summed E-state index contributed by atoms with van der Waals surface area (Å²) >= 11 is 5.94. The summed E-state index contributed by atoms with van der Waals surface area (Å²) in [7, 11) is 0. The van der Waals surface area contributed by atoms with Gasteiger partial charge in [0.2, 0.25) is 0 Å². The minimum atomic E-state index is -1.14. The number of nitrogens with zero attached hydrogens (tertiary/aromatic N) is 1. The summed E-state index contributed by atoms with van der Waals surface area (Å²) < 4.78 is 10.4. The molecule has 9 heteroatoms. The van der Waals surface area contributed by atoms with E-state index in [4.69, 9.17) is 21.1 Å². The van der Waals surface area contributed by atoms with Crippen LogP contribution in [0.3, 0.4) is 0 Å². The standard InChI is InChI=1S/C20H19ClN2O6/c1-3-28-16-8-4-14(5-9-16)6-11-19(24)29-13(2)20(25)22-18-12-15(23(26)27)7-10-17(18)21/h4-13H,3H2,1-2H3,(H,22,25)/b11-6+. The van der Waals surface area contributed by atoms with Crippen molar-refractivity contribution in [3.63, 3.8) is 0 Å². The molecule has 8 nitrogen and oxygen atoms in total. The molecule has 29 heavy (non-hydrogen) atoms. The molecular weight excluding hydrogens is 400 g/mol. The van der Waals surface area contributed by atoms with Crippen LogP contribution in [0.15, 0.2) is 48.5 Å². The lowest BCUT2D eigenvalue weighted by molar-refractivity contribution is -0.384. The first-order chi connectivity index (χ1) is 13.8. The molecule has 152 valence electrons. The summed E-state index contributed by atoms with van der Waals surface area (Å²) in [5, 5.41) is 13.4. The Morgan fingerprint density at radius 2 is 1.93 bits per heavy atom. The van der Waals surface area contributed by atoms with Crippen molar-refractivity contribution in [2.24, 2.45) is 0 Å². The second-order valence-electron chi connectivity index (χ2n) is 5.83. The lowest BCUT2D eigenvalue weighted by Gasteiger charge is -2.13. The van der Waals surface area contributed by atoms with Crippen LogP contribution in [0.1, 0.15) is 19.4 Å². The van der Waals surface area contributed by atoms with Gasteiger partial charge in [-0.3, -0.25) is 14.9 Å². The quantitative estimate of drug-likeness (QED) is 0.297. The number of nitro groups is 1. The smallest absolute Gasteiger partial charge is 0.331 e. The number of nitrogens with one attached hydrogen (secondary N) is 1. The van der Waals surface area contributed by atoms with E-state index in [0.29, 0.717) is 6.61 Å². The largest absolute Gasteiger partial charge is 0.494 e. The van der Waals surface area contributed by atoms with Gasteiger partial charge in [0, 0.05) is 18.2 Å². The van der Waals surface area contributed by atoms with Crippen LogP contribution < -0.4 is 10.1 Å². The maximum absolute atomic E-state index is 12.2. The van der Waals surface area contributed by atoms with Crippen molar-refractivity contribution in [2.75, 3.05) is 11.9 Å². The van der Waals surface area contributed by atoms with Crippen LogP contribution in [0.2, 0.25) is 5.02 Å². The minimum Gasteiger partial charge on any atom is -0.494 e. The lowest BCUT2D eigenvalue weighted by Crippen LogP contribution is -2.29. The van der Waals surface area contributed by atoms with Gasteiger partial charge in [-0.15, -0.1) is 0 Å². The van der Waals surface area contributed by atoms with Crippen molar-refractivity contribution in [3.8, 4) is 5.75 Å². The van der Waals surface area contributed by atoms with Crippen molar-refractivity contribution >= 4 is 40.9 Å². The molecular formula is C20H19ClN2O6. The highest BCUT2D eigenvalue weighted by Crippen LogP contribution is 2.26.